The molecule has 0 amide bonds. The van der Waals surface area contributed by atoms with Crippen LogP contribution in [0.2, 0.25) is 0 Å². The van der Waals surface area contributed by atoms with Crippen LogP contribution in [-0.2, 0) is 0 Å². The Balaban J connectivity index is 2.36. The molecule has 0 spiro atoms. The molecule has 3 aromatic rings. The van der Waals surface area contributed by atoms with Crippen LogP contribution in [0.5, 0.6) is 5.75 Å². The lowest BCUT2D eigenvalue weighted by atomic mass is 10.1. The minimum absolute atomic E-state index is 0.110. The highest BCUT2D eigenvalue weighted by Gasteiger charge is 2.14. The molecule has 4 heteroatoms. The third-order valence-corrected chi connectivity index (χ3v) is 3.46. The quantitative estimate of drug-likeness (QED) is 0.728. The van der Waals surface area contributed by atoms with Crippen LogP contribution in [0.25, 0.3) is 22.1 Å². The Hall–Kier alpha value is -2.20. The average molecular weight is 284 g/mol. The Morgan fingerprint density at radius 3 is 2.55 bits per heavy atom. The molecule has 0 saturated heterocycles. The zero-order chi connectivity index (χ0) is 14.1. The van der Waals surface area contributed by atoms with E-state index in [0.717, 1.165) is 5.56 Å². The number of hydrogen-bond acceptors (Lipinski definition) is 4. The third-order valence-electron chi connectivity index (χ3n) is 3.14. The van der Waals surface area contributed by atoms with E-state index in [-0.39, 0.29) is 5.43 Å². The lowest BCUT2D eigenvalue weighted by molar-refractivity contribution is 0.414. The van der Waals surface area contributed by atoms with E-state index in [1.54, 1.807) is 25.3 Å². The van der Waals surface area contributed by atoms with Crippen LogP contribution in [0.4, 0.5) is 0 Å². The molecule has 3 nitrogen and oxygen atoms in total. The van der Waals surface area contributed by atoms with E-state index in [2.05, 4.69) is 12.6 Å². The minimum Gasteiger partial charge on any atom is -0.497 e. The van der Waals surface area contributed by atoms with Crippen molar-refractivity contribution in [3.8, 4) is 16.9 Å². The van der Waals surface area contributed by atoms with Crippen molar-refractivity contribution < 1.29 is 9.15 Å². The maximum absolute atomic E-state index is 12.7. The van der Waals surface area contributed by atoms with Gasteiger partial charge in [-0.3, -0.25) is 4.79 Å². The number of fused-ring (bicyclic) bond motifs is 1. The molecule has 20 heavy (non-hydrogen) atoms. The normalized spacial score (nSPS) is 10.7. The van der Waals surface area contributed by atoms with E-state index < -0.39 is 0 Å². The predicted molar refractivity (Wildman–Crippen MR) is 81.7 cm³/mol. The summed E-state index contributed by atoms with van der Waals surface area (Å²) in [5, 5.41) is 0.805. The van der Waals surface area contributed by atoms with Gasteiger partial charge in [0.15, 0.2) is 5.09 Å². The van der Waals surface area contributed by atoms with Crippen LogP contribution in [0.3, 0.4) is 0 Å². The second-order valence-corrected chi connectivity index (χ2v) is 4.75. The molecule has 0 bridgehead atoms. The summed E-state index contributed by atoms with van der Waals surface area (Å²) < 4.78 is 10.8. The number of methoxy groups -OCH3 is 1. The first kappa shape index (κ1) is 12.8. The molecular weight excluding hydrogens is 272 g/mol. The van der Waals surface area contributed by atoms with Gasteiger partial charge in [-0.2, -0.15) is 0 Å². The molecule has 0 aliphatic rings. The summed E-state index contributed by atoms with van der Waals surface area (Å²) in [5.41, 5.74) is 1.65. The molecule has 100 valence electrons. The highest BCUT2D eigenvalue weighted by Crippen LogP contribution is 2.28. The van der Waals surface area contributed by atoms with Crippen molar-refractivity contribution >= 4 is 23.6 Å². The third kappa shape index (κ3) is 2.08. The van der Waals surface area contributed by atoms with Gasteiger partial charge in [0.1, 0.15) is 11.3 Å². The fourth-order valence-electron chi connectivity index (χ4n) is 2.15. The van der Waals surface area contributed by atoms with Gasteiger partial charge in [0.2, 0.25) is 5.43 Å². The lowest BCUT2D eigenvalue weighted by Crippen LogP contribution is -2.06. The van der Waals surface area contributed by atoms with Crippen LogP contribution in [0.15, 0.2) is 62.8 Å². The van der Waals surface area contributed by atoms with E-state index in [4.69, 9.17) is 9.15 Å². The number of hydrogen-bond donors (Lipinski definition) is 1. The molecule has 3 rings (SSSR count). The molecule has 0 radical (unpaired) electrons. The summed E-state index contributed by atoms with van der Waals surface area (Å²) in [6, 6.07) is 14.5. The zero-order valence-electron chi connectivity index (χ0n) is 10.8. The molecule has 0 unspecified atom stereocenters. The van der Waals surface area contributed by atoms with Crippen molar-refractivity contribution in [2.45, 2.75) is 5.09 Å². The van der Waals surface area contributed by atoms with Crippen molar-refractivity contribution in [1.82, 2.24) is 0 Å². The number of rotatable bonds is 2. The fourth-order valence-corrected chi connectivity index (χ4v) is 2.48. The predicted octanol–water partition coefficient (Wildman–Crippen LogP) is 3.76. The summed E-state index contributed by atoms with van der Waals surface area (Å²) >= 11 is 4.31. The van der Waals surface area contributed by atoms with Gasteiger partial charge in [0.05, 0.1) is 18.1 Å². The van der Waals surface area contributed by atoms with Crippen molar-refractivity contribution in [1.29, 1.82) is 0 Å². The summed E-state index contributed by atoms with van der Waals surface area (Å²) in [4.78, 5) is 12.7. The lowest BCUT2D eigenvalue weighted by Gasteiger charge is -2.07. The van der Waals surface area contributed by atoms with Gasteiger partial charge in [0, 0.05) is 0 Å². The molecule has 0 atom stereocenters. The monoisotopic (exact) mass is 284 g/mol. The van der Waals surface area contributed by atoms with Gasteiger partial charge < -0.3 is 9.15 Å². The first-order chi connectivity index (χ1) is 9.70. The van der Waals surface area contributed by atoms with Crippen LogP contribution >= 0.6 is 12.6 Å². The summed E-state index contributed by atoms with van der Waals surface area (Å²) in [5.74, 6) is 0.621. The van der Waals surface area contributed by atoms with Crippen molar-refractivity contribution in [3.63, 3.8) is 0 Å². The van der Waals surface area contributed by atoms with Crippen molar-refractivity contribution in [2.75, 3.05) is 7.11 Å². The largest absolute Gasteiger partial charge is 0.497 e. The van der Waals surface area contributed by atoms with Gasteiger partial charge >= 0.3 is 0 Å². The van der Waals surface area contributed by atoms with Gasteiger partial charge in [-0.1, -0.05) is 30.3 Å². The van der Waals surface area contributed by atoms with Crippen LogP contribution in [0, 0.1) is 0 Å². The Morgan fingerprint density at radius 1 is 1.10 bits per heavy atom. The number of thiol groups is 1. The standard InChI is InChI=1S/C16H12O3S/c1-18-11-7-8-13-12(9-11)15(17)14(16(20)19-13)10-5-3-2-4-6-10/h2-9,20H,1H3. The van der Waals surface area contributed by atoms with E-state index >= 15 is 0 Å². The zero-order valence-corrected chi connectivity index (χ0v) is 11.7. The number of ether oxygens (including phenoxy) is 1. The average Bonchev–Trinajstić information content (AvgIpc) is 2.48. The molecule has 1 heterocycles. The Morgan fingerprint density at radius 2 is 1.85 bits per heavy atom. The molecule has 0 N–H and O–H groups in total. The first-order valence-corrected chi connectivity index (χ1v) is 6.54. The van der Waals surface area contributed by atoms with Crippen molar-refractivity contribution in [3.05, 3.63) is 58.8 Å². The molecule has 2 aromatic carbocycles. The van der Waals surface area contributed by atoms with Gasteiger partial charge in [0.25, 0.3) is 0 Å². The SMILES string of the molecule is COc1ccc2oc(S)c(-c3ccccc3)c(=O)c2c1. The Kier molecular flexibility index (Phi) is 3.24. The second kappa shape index (κ2) is 5.06. The highest BCUT2D eigenvalue weighted by atomic mass is 32.1. The maximum Gasteiger partial charge on any atom is 0.201 e. The van der Waals surface area contributed by atoms with E-state index in [1.165, 1.54) is 0 Å². The number of benzene rings is 2. The van der Waals surface area contributed by atoms with Gasteiger partial charge in [-0.25, -0.2) is 0 Å². The maximum atomic E-state index is 12.7. The molecule has 0 saturated carbocycles. The van der Waals surface area contributed by atoms with Gasteiger partial charge in [-0.15, -0.1) is 12.6 Å². The second-order valence-electron chi connectivity index (χ2n) is 4.34. The van der Waals surface area contributed by atoms with E-state index in [0.29, 0.717) is 27.4 Å². The summed E-state index contributed by atoms with van der Waals surface area (Å²) in [6.07, 6.45) is 0. The van der Waals surface area contributed by atoms with Crippen LogP contribution in [-0.4, -0.2) is 7.11 Å². The fraction of sp³-hybridized carbons (Fsp3) is 0.0625. The van der Waals surface area contributed by atoms with E-state index in [1.807, 2.05) is 30.3 Å². The summed E-state index contributed by atoms with van der Waals surface area (Å²) in [7, 11) is 1.56. The molecule has 1 aromatic heterocycles. The van der Waals surface area contributed by atoms with Crippen LogP contribution in [0.1, 0.15) is 0 Å². The molecule has 0 aliphatic carbocycles. The highest BCUT2D eigenvalue weighted by molar-refractivity contribution is 7.80. The molecular formula is C16H12O3S. The smallest absolute Gasteiger partial charge is 0.201 e. The van der Waals surface area contributed by atoms with Gasteiger partial charge in [-0.05, 0) is 23.8 Å². The van der Waals surface area contributed by atoms with Crippen LogP contribution < -0.4 is 10.2 Å². The van der Waals surface area contributed by atoms with E-state index in [9.17, 15) is 4.79 Å². The molecule has 0 aliphatic heterocycles. The Labute approximate surface area is 121 Å². The molecule has 0 fully saturated rings. The summed E-state index contributed by atoms with van der Waals surface area (Å²) in [6.45, 7) is 0. The minimum atomic E-state index is -0.110. The first-order valence-electron chi connectivity index (χ1n) is 6.10. The Bertz CT molecular complexity index is 822. The topological polar surface area (TPSA) is 39.4 Å². The van der Waals surface area contributed by atoms with Crippen molar-refractivity contribution in [2.24, 2.45) is 0 Å².